The lowest BCUT2D eigenvalue weighted by Crippen LogP contribution is -2.26. The van der Waals surface area contributed by atoms with Gasteiger partial charge in [-0.15, -0.1) is 0 Å². The molecule has 4 nitrogen and oxygen atoms in total. The number of hydrogen-bond donors (Lipinski definition) is 1. The molecular formula is C14H20O4. The highest BCUT2D eigenvalue weighted by atomic mass is 16.5. The number of carbonyl (C=O) groups is 1. The molecule has 0 aromatic heterocycles. The van der Waals surface area contributed by atoms with E-state index in [1.54, 1.807) is 0 Å². The smallest absolute Gasteiger partial charge is 0.333 e. The SMILES string of the molecule is CCCOC(Cc1ccc(OCC)cc1)C(=O)O. The van der Waals surface area contributed by atoms with E-state index >= 15 is 0 Å². The molecule has 100 valence electrons. The Balaban J connectivity index is 2.60. The third-order valence-corrected chi connectivity index (χ3v) is 2.45. The van der Waals surface area contributed by atoms with Gasteiger partial charge in [-0.3, -0.25) is 0 Å². The minimum Gasteiger partial charge on any atom is -0.494 e. The highest BCUT2D eigenvalue weighted by Crippen LogP contribution is 2.14. The summed E-state index contributed by atoms with van der Waals surface area (Å²) in [5, 5.41) is 9.05. The van der Waals surface area contributed by atoms with Gasteiger partial charge in [0.1, 0.15) is 5.75 Å². The van der Waals surface area contributed by atoms with Crippen molar-refractivity contribution in [2.24, 2.45) is 0 Å². The Morgan fingerprint density at radius 2 is 1.94 bits per heavy atom. The zero-order valence-electron chi connectivity index (χ0n) is 10.9. The fraction of sp³-hybridized carbons (Fsp3) is 0.500. The molecule has 0 spiro atoms. The molecule has 1 unspecified atom stereocenters. The van der Waals surface area contributed by atoms with Crippen molar-refractivity contribution >= 4 is 5.97 Å². The van der Waals surface area contributed by atoms with Gasteiger partial charge in [0.2, 0.25) is 0 Å². The molecule has 0 bridgehead atoms. The van der Waals surface area contributed by atoms with Crippen LogP contribution in [0.5, 0.6) is 5.75 Å². The van der Waals surface area contributed by atoms with Crippen molar-refractivity contribution in [1.82, 2.24) is 0 Å². The topological polar surface area (TPSA) is 55.8 Å². The zero-order chi connectivity index (χ0) is 13.4. The fourth-order valence-electron chi connectivity index (χ4n) is 1.58. The van der Waals surface area contributed by atoms with Gasteiger partial charge in [-0.2, -0.15) is 0 Å². The molecule has 0 fully saturated rings. The van der Waals surface area contributed by atoms with Gasteiger partial charge in [-0.25, -0.2) is 4.79 Å². The van der Waals surface area contributed by atoms with Crippen molar-refractivity contribution in [3.05, 3.63) is 29.8 Å². The highest BCUT2D eigenvalue weighted by Gasteiger charge is 2.18. The zero-order valence-corrected chi connectivity index (χ0v) is 10.9. The molecule has 1 aromatic carbocycles. The Morgan fingerprint density at radius 1 is 1.28 bits per heavy atom. The molecule has 0 aliphatic rings. The normalized spacial score (nSPS) is 12.1. The summed E-state index contributed by atoms with van der Waals surface area (Å²) in [5.74, 6) is -0.125. The standard InChI is InChI=1S/C14H20O4/c1-3-9-18-13(14(15)16)10-11-5-7-12(8-6-11)17-4-2/h5-8,13H,3-4,9-10H2,1-2H3,(H,15,16). The van der Waals surface area contributed by atoms with Crippen LogP contribution in [-0.4, -0.2) is 30.4 Å². The molecule has 0 heterocycles. The van der Waals surface area contributed by atoms with Gasteiger partial charge in [-0.05, 0) is 31.0 Å². The number of hydrogen-bond acceptors (Lipinski definition) is 3. The van der Waals surface area contributed by atoms with Crippen LogP contribution in [0, 0.1) is 0 Å². The predicted molar refractivity (Wildman–Crippen MR) is 69.0 cm³/mol. The second-order valence-electron chi connectivity index (χ2n) is 3.98. The van der Waals surface area contributed by atoms with E-state index in [2.05, 4.69) is 0 Å². The molecule has 0 radical (unpaired) electrons. The fourth-order valence-corrected chi connectivity index (χ4v) is 1.58. The van der Waals surface area contributed by atoms with Crippen LogP contribution >= 0.6 is 0 Å². The summed E-state index contributed by atoms with van der Waals surface area (Å²) in [6.07, 6.45) is 0.414. The maximum Gasteiger partial charge on any atom is 0.333 e. The first-order valence-electron chi connectivity index (χ1n) is 6.23. The van der Waals surface area contributed by atoms with Crippen LogP contribution in [0.25, 0.3) is 0 Å². The van der Waals surface area contributed by atoms with Crippen LogP contribution in [0.15, 0.2) is 24.3 Å². The minimum absolute atomic E-state index is 0.377. The van der Waals surface area contributed by atoms with E-state index in [0.29, 0.717) is 19.6 Å². The van der Waals surface area contributed by atoms with Crippen LogP contribution in [-0.2, 0) is 16.0 Å². The number of carboxylic acids is 1. The molecule has 4 heteroatoms. The summed E-state index contributed by atoms with van der Waals surface area (Å²) in [6, 6.07) is 7.43. The Bertz CT molecular complexity index is 359. The molecule has 0 saturated heterocycles. The van der Waals surface area contributed by atoms with E-state index in [4.69, 9.17) is 14.6 Å². The summed E-state index contributed by atoms with van der Waals surface area (Å²) < 4.78 is 10.6. The molecule has 1 rings (SSSR count). The Morgan fingerprint density at radius 3 is 2.44 bits per heavy atom. The van der Waals surface area contributed by atoms with Crippen molar-refractivity contribution in [2.75, 3.05) is 13.2 Å². The van der Waals surface area contributed by atoms with E-state index in [1.165, 1.54) is 0 Å². The number of rotatable bonds is 8. The van der Waals surface area contributed by atoms with Crippen LogP contribution in [0.2, 0.25) is 0 Å². The highest BCUT2D eigenvalue weighted by molar-refractivity contribution is 5.72. The summed E-state index contributed by atoms with van der Waals surface area (Å²) in [4.78, 5) is 11.0. The third kappa shape index (κ3) is 4.75. The first kappa shape index (κ1) is 14.5. The molecule has 0 aliphatic carbocycles. The van der Waals surface area contributed by atoms with Gasteiger partial charge >= 0.3 is 5.97 Å². The van der Waals surface area contributed by atoms with E-state index in [9.17, 15) is 4.79 Å². The van der Waals surface area contributed by atoms with Crippen molar-refractivity contribution in [3.8, 4) is 5.75 Å². The van der Waals surface area contributed by atoms with Crippen LogP contribution in [0.3, 0.4) is 0 Å². The molecule has 1 aromatic rings. The Kier molecular flexibility index (Phi) is 6.22. The van der Waals surface area contributed by atoms with Gasteiger partial charge in [0, 0.05) is 13.0 Å². The van der Waals surface area contributed by atoms with E-state index < -0.39 is 12.1 Å². The Labute approximate surface area is 108 Å². The van der Waals surface area contributed by atoms with Crippen molar-refractivity contribution in [1.29, 1.82) is 0 Å². The Hall–Kier alpha value is -1.55. The van der Waals surface area contributed by atoms with E-state index in [-0.39, 0.29) is 0 Å². The summed E-state index contributed by atoms with van der Waals surface area (Å²) in [6.45, 7) is 4.97. The number of benzene rings is 1. The third-order valence-electron chi connectivity index (χ3n) is 2.45. The van der Waals surface area contributed by atoms with Gasteiger partial charge in [0.15, 0.2) is 6.10 Å². The molecule has 0 aliphatic heterocycles. The molecule has 0 amide bonds. The van der Waals surface area contributed by atoms with Crippen LogP contribution in [0.1, 0.15) is 25.8 Å². The van der Waals surface area contributed by atoms with Gasteiger partial charge in [0.05, 0.1) is 6.61 Å². The summed E-state index contributed by atoms with van der Waals surface area (Å²) >= 11 is 0. The molecule has 0 saturated carbocycles. The van der Waals surface area contributed by atoms with Crippen molar-refractivity contribution in [3.63, 3.8) is 0 Å². The second-order valence-corrected chi connectivity index (χ2v) is 3.98. The van der Waals surface area contributed by atoms with Crippen LogP contribution < -0.4 is 4.74 Å². The van der Waals surface area contributed by atoms with E-state index in [1.807, 2.05) is 38.1 Å². The van der Waals surface area contributed by atoms with Crippen molar-refractivity contribution < 1.29 is 19.4 Å². The minimum atomic E-state index is -0.919. The van der Waals surface area contributed by atoms with Gasteiger partial charge in [-0.1, -0.05) is 19.1 Å². The molecular weight excluding hydrogens is 232 g/mol. The number of carboxylic acid groups (broad SMARTS) is 1. The number of ether oxygens (including phenoxy) is 2. The predicted octanol–water partition coefficient (Wildman–Crippen LogP) is 2.51. The second kappa shape index (κ2) is 7.71. The lowest BCUT2D eigenvalue weighted by atomic mass is 10.1. The first-order valence-corrected chi connectivity index (χ1v) is 6.23. The average molecular weight is 252 g/mol. The maximum atomic E-state index is 11.0. The molecule has 1 N–H and O–H groups in total. The van der Waals surface area contributed by atoms with Gasteiger partial charge in [0.25, 0.3) is 0 Å². The van der Waals surface area contributed by atoms with E-state index in [0.717, 1.165) is 17.7 Å². The lowest BCUT2D eigenvalue weighted by molar-refractivity contribution is -0.150. The largest absolute Gasteiger partial charge is 0.494 e. The number of aliphatic carboxylic acids is 1. The molecule has 1 atom stereocenters. The monoisotopic (exact) mass is 252 g/mol. The lowest BCUT2D eigenvalue weighted by Gasteiger charge is -2.13. The van der Waals surface area contributed by atoms with Crippen molar-refractivity contribution in [2.45, 2.75) is 32.8 Å². The quantitative estimate of drug-likeness (QED) is 0.772. The average Bonchev–Trinajstić information content (AvgIpc) is 2.36. The maximum absolute atomic E-state index is 11.0. The van der Waals surface area contributed by atoms with Crippen LogP contribution in [0.4, 0.5) is 0 Å². The summed E-state index contributed by atoms with van der Waals surface area (Å²) in [5.41, 5.74) is 0.932. The molecule has 18 heavy (non-hydrogen) atoms. The summed E-state index contributed by atoms with van der Waals surface area (Å²) in [7, 11) is 0. The first-order chi connectivity index (χ1) is 8.67. The van der Waals surface area contributed by atoms with Gasteiger partial charge < -0.3 is 14.6 Å².